The maximum atomic E-state index is 10.6. The first-order valence-electron chi connectivity index (χ1n) is 5.78. The molecule has 0 radical (unpaired) electrons. The lowest BCUT2D eigenvalue weighted by Crippen LogP contribution is -2.04. The first-order valence-corrected chi connectivity index (χ1v) is 5.78. The number of para-hydroxylation sites is 1. The lowest BCUT2D eigenvalue weighted by atomic mass is 10.1. The van der Waals surface area contributed by atoms with E-state index in [1.807, 2.05) is 32.0 Å². The Hall–Kier alpha value is -1.71. The molecule has 17 heavy (non-hydrogen) atoms. The molecular formula is C13H18O4. The highest BCUT2D eigenvalue weighted by atomic mass is 16.5. The predicted molar refractivity (Wildman–Crippen MR) is 64.7 cm³/mol. The van der Waals surface area contributed by atoms with Gasteiger partial charge in [0.1, 0.15) is 0 Å². The van der Waals surface area contributed by atoms with Gasteiger partial charge in [-0.25, -0.2) is 0 Å². The normalized spacial score (nSPS) is 10.0. The second kappa shape index (κ2) is 6.78. The molecule has 4 heteroatoms. The molecule has 4 nitrogen and oxygen atoms in total. The van der Waals surface area contributed by atoms with Crippen molar-refractivity contribution in [3.8, 4) is 11.5 Å². The summed E-state index contributed by atoms with van der Waals surface area (Å²) in [6.07, 6.45) is 0.543. The number of hydrogen-bond acceptors (Lipinski definition) is 3. The summed E-state index contributed by atoms with van der Waals surface area (Å²) in [7, 11) is 0. The zero-order valence-electron chi connectivity index (χ0n) is 10.2. The number of ether oxygens (including phenoxy) is 2. The van der Waals surface area contributed by atoms with Crippen LogP contribution in [-0.2, 0) is 11.2 Å². The van der Waals surface area contributed by atoms with Crippen LogP contribution in [0.2, 0.25) is 0 Å². The average molecular weight is 238 g/mol. The second-order valence-electron chi connectivity index (χ2n) is 3.50. The quantitative estimate of drug-likeness (QED) is 0.793. The molecule has 0 saturated carbocycles. The molecule has 0 bridgehead atoms. The summed E-state index contributed by atoms with van der Waals surface area (Å²) in [6.45, 7) is 4.88. The van der Waals surface area contributed by atoms with Gasteiger partial charge in [0.2, 0.25) is 0 Å². The standard InChI is InChI=1S/C13H18O4/c1-3-16-11-7-5-6-10(8-9-12(14)15)13(11)17-4-2/h5-7H,3-4,8-9H2,1-2H3,(H,14,15). The highest BCUT2D eigenvalue weighted by molar-refractivity contribution is 5.67. The van der Waals surface area contributed by atoms with Crippen molar-refractivity contribution in [2.75, 3.05) is 13.2 Å². The number of aryl methyl sites for hydroxylation is 1. The van der Waals surface area contributed by atoms with Gasteiger partial charge in [-0.2, -0.15) is 0 Å². The molecule has 0 spiro atoms. The van der Waals surface area contributed by atoms with Gasteiger partial charge >= 0.3 is 5.97 Å². The third-order valence-corrected chi connectivity index (χ3v) is 2.26. The Bertz CT molecular complexity index is 374. The van der Waals surface area contributed by atoms with Crippen LogP contribution >= 0.6 is 0 Å². The molecule has 0 atom stereocenters. The zero-order chi connectivity index (χ0) is 12.7. The molecule has 0 heterocycles. The van der Waals surface area contributed by atoms with E-state index in [2.05, 4.69) is 0 Å². The molecule has 94 valence electrons. The molecule has 0 aromatic heterocycles. The van der Waals surface area contributed by atoms with Crippen LogP contribution in [-0.4, -0.2) is 24.3 Å². The Labute approximate surface area is 101 Å². The Morgan fingerprint density at radius 1 is 1.24 bits per heavy atom. The van der Waals surface area contributed by atoms with Crippen molar-refractivity contribution < 1.29 is 19.4 Å². The molecule has 1 aromatic carbocycles. The Morgan fingerprint density at radius 2 is 1.94 bits per heavy atom. The molecule has 0 fully saturated rings. The van der Waals surface area contributed by atoms with Crippen LogP contribution in [0.3, 0.4) is 0 Å². The van der Waals surface area contributed by atoms with Crippen molar-refractivity contribution in [1.29, 1.82) is 0 Å². The van der Waals surface area contributed by atoms with Gasteiger partial charge < -0.3 is 14.6 Å². The van der Waals surface area contributed by atoms with Crippen molar-refractivity contribution >= 4 is 5.97 Å². The van der Waals surface area contributed by atoms with Crippen LogP contribution < -0.4 is 9.47 Å². The van der Waals surface area contributed by atoms with Crippen LogP contribution in [0.4, 0.5) is 0 Å². The SMILES string of the molecule is CCOc1cccc(CCC(=O)O)c1OCC. The van der Waals surface area contributed by atoms with Crippen LogP contribution in [0.25, 0.3) is 0 Å². The number of benzene rings is 1. The monoisotopic (exact) mass is 238 g/mol. The van der Waals surface area contributed by atoms with Crippen molar-refractivity contribution in [2.45, 2.75) is 26.7 Å². The fourth-order valence-corrected chi connectivity index (χ4v) is 1.58. The molecule has 0 aliphatic rings. The van der Waals surface area contributed by atoms with Crippen LogP contribution in [0, 0.1) is 0 Å². The lowest BCUT2D eigenvalue weighted by Gasteiger charge is -2.14. The van der Waals surface area contributed by atoms with Gasteiger partial charge in [-0.05, 0) is 31.9 Å². The number of hydrogen-bond donors (Lipinski definition) is 1. The molecular weight excluding hydrogens is 220 g/mol. The smallest absolute Gasteiger partial charge is 0.303 e. The number of carboxylic acid groups (broad SMARTS) is 1. The third kappa shape index (κ3) is 3.98. The number of rotatable bonds is 7. The summed E-state index contributed by atoms with van der Waals surface area (Å²) in [5.41, 5.74) is 0.875. The lowest BCUT2D eigenvalue weighted by molar-refractivity contribution is -0.136. The van der Waals surface area contributed by atoms with Crippen LogP contribution in [0.15, 0.2) is 18.2 Å². The third-order valence-electron chi connectivity index (χ3n) is 2.26. The van der Waals surface area contributed by atoms with E-state index in [0.717, 1.165) is 5.56 Å². The minimum Gasteiger partial charge on any atom is -0.490 e. The molecule has 0 saturated heterocycles. The molecule has 0 unspecified atom stereocenters. The van der Waals surface area contributed by atoms with Gasteiger partial charge in [-0.3, -0.25) is 4.79 Å². The first kappa shape index (κ1) is 13.4. The van der Waals surface area contributed by atoms with Gasteiger partial charge in [0.25, 0.3) is 0 Å². The number of carbonyl (C=O) groups is 1. The Morgan fingerprint density at radius 3 is 2.53 bits per heavy atom. The summed E-state index contributed by atoms with van der Waals surface area (Å²) < 4.78 is 11.0. The maximum Gasteiger partial charge on any atom is 0.303 e. The minimum absolute atomic E-state index is 0.0929. The molecule has 1 rings (SSSR count). The summed E-state index contributed by atoms with van der Waals surface area (Å²) in [6, 6.07) is 5.56. The fraction of sp³-hybridized carbons (Fsp3) is 0.462. The molecule has 0 aliphatic carbocycles. The van der Waals surface area contributed by atoms with Crippen molar-refractivity contribution in [2.24, 2.45) is 0 Å². The highest BCUT2D eigenvalue weighted by Gasteiger charge is 2.11. The van der Waals surface area contributed by atoms with E-state index in [1.165, 1.54) is 0 Å². The largest absolute Gasteiger partial charge is 0.490 e. The maximum absolute atomic E-state index is 10.6. The van der Waals surface area contributed by atoms with E-state index in [4.69, 9.17) is 14.6 Å². The van der Waals surface area contributed by atoms with Crippen molar-refractivity contribution in [1.82, 2.24) is 0 Å². The van der Waals surface area contributed by atoms with Gasteiger partial charge in [0.05, 0.1) is 13.2 Å². The molecule has 0 amide bonds. The second-order valence-corrected chi connectivity index (χ2v) is 3.50. The zero-order valence-corrected chi connectivity index (χ0v) is 10.2. The van der Waals surface area contributed by atoms with Crippen LogP contribution in [0.5, 0.6) is 11.5 Å². The number of carboxylic acids is 1. The summed E-state index contributed by atoms with van der Waals surface area (Å²) in [4.78, 5) is 10.6. The number of aliphatic carboxylic acids is 1. The van der Waals surface area contributed by atoms with E-state index >= 15 is 0 Å². The van der Waals surface area contributed by atoms with Gasteiger partial charge in [-0.15, -0.1) is 0 Å². The average Bonchev–Trinajstić information content (AvgIpc) is 2.30. The topological polar surface area (TPSA) is 55.8 Å². The molecule has 1 aromatic rings. The first-order chi connectivity index (χ1) is 8.19. The Kier molecular flexibility index (Phi) is 5.33. The van der Waals surface area contributed by atoms with E-state index in [1.54, 1.807) is 0 Å². The summed E-state index contributed by atoms with van der Waals surface area (Å²) in [5, 5.41) is 8.70. The van der Waals surface area contributed by atoms with E-state index in [-0.39, 0.29) is 6.42 Å². The van der Waals surface area contributed by atoms with Gasteiger partial charge in [-0.1, -0.05) is 12.1 Å². The van der Waals surface area contributed by atoms with Crippen molar-refractivity contribution in [3.05, 3.63) is 23.8 Å². The summed E-state index contributed by atoms with van der Waals surface area (Å²) >= 11 is 0. The summed E-state index contributed by atoms with van der Waals surface area (Å²) in [5.74, 6) is 0.532. The molecule has 0 aliphatic heterocycles. The molecule has 1 N–H and O–H groups in total. The van der Waals surface area contributed by atoms with Crippen LogP contribution in [0.1, 0.15) is 25.8 Å². The fourth-order valence-electron chi connectivity index (χ4n) is 1.58. The van der Waals surface area contributed by atoms with E-state index in [0.29, 0.717) is 31.1 Å². The minimum atomic E-state index is -0.811. The van der Waals surface area contributed by atoms with E-state index in [9.17, 15) is 4.79 Å². The Balaban J connectivity index is 2.92. The van der Waals surface area contributed by atoms with E-state index < -0.39 is 5.97 Å². The highest BCUT2D eigenvalue weighted by Crippen LogP contribution is 2.32. The van der Waals surface area contributed by atoms with Gasteiger partial charge in [0.15, 0.2) is 11.5 Å². The van der Waals surface area contributed by atoms with Crippen molar-refractivity contribution in [3.63, 3.8) is 0 Å². The van der Waals surface area contributed by atoms with Gasteiger partial charge in [0, 0.05) is 6.42 Å². The predicted octanol–water partition coefficient (Wildman–Crippen LogP) is 2.50.